The third kappa shape index (κ3) is 3.22. The lowest BCUT2D eigenvalue weighted by atomic mass is 10.2. The standard InChI is InChI=1S/C20H16IN/c21-22-19-15-11-7-3-1-5-9-13-17(19)18-14-10-6-2-4-8-12-16-20(18)22/h1-16H. The van der Waals surface area contributed by atoms with Crippen LogP contribution in [0.1, 0.15) is 0 Å². The molecular weight excluding hydrogens is 381 g/mol. The minimum atomic E-state index is 1.20. The molecule has 1 nitrogen and oxygen atoms in total. The average Bonchev–Trinajstić information content (AvgIpc) is 2.80. The first-order chi connectivity index (χ1) is 10.9. The van der Waals surface area contributed by atoms with E-state index in [4.69, 9.17) is 0 Å². The molecule has 0 saturated carbocycles. The Bertz CT molecular complexity index is 835. The maximum Gasteiger partial charge on any atom is 0.0646 e. The van der Waals surface area contributed by atoms with E-state index in [0.717, 1.165) is 0 Å². The second-order valence-electron chi connectivity index (χ2n) is 4.85. The van der Waals surface area contributed by atoms with Crippen LogP contribution >= 0.6 is 22.9 Å². The first kappa shape index (κ1) is 14.9. The molecule has 0 aliphatic heterocycles. The quantitative estimate of drug-likeness (QED) is 0.396. The first-order valence-corrected chi connectivity index (χ1v) is 8.15. The Balaban J connectivity index is 2.55. The van der Waals surface area contributed by atoms with Crippen LogP contribution in [0, 0.1) is 0 Å². The van der Waals surface area contributed by atoms with Crippen LogP contribution in [-0.4, -0.2) is 2.78 Å². The first-order valence-electron chi connectivity index (χ1n) is 7.19. The molecule has 2 heteroatoms. The second-order valence-corrected chi connectivity index (χ2v) is 5.82. The highest BCUT2D eigenvalue weighted by Crippen LogP contribution is 2.28. The monoisotopic (exact) mass is 397 g/mol. The van der Waals surface area contributed by atoms with Crippen molar-refractivity contribution in [1.29, 1.82) is 0 Å². The highest BCUT2D eigenvalue weighted by Gasteiger charge is 2.04. The number of hydrogen-bond donors (Lipinski definition) is 0. The van der Waals surface area contributed by atoms with E-state index >= 15 is 0 Å². The molecule has 0 aliphatic rings. The van der Waals surface area contributed by atoms with Crippen molar-refractivity contribution >= 4 is 44.7 Å². The van der Waals surface area contributed by atoms with E-state index in [0.29, 0.717) is 0 Å². The van der Waals surface area contributed by atoms with Gasteiger partial charge in [0, 0.05) is 10.8 Å². The molecule has 3 aromatic rings. The highest BCUT2D eigenvalue weighted by atomic mass is 127. The van der Waals surface area contributed by atoms with Crippen molar-refractivity contribution in [1.82, 2.24) is 2.78 Å². The molecule has 0 spiro atoms. The summed E-state index contributed by atoms with van der Waals surface area (Å²) in [7, 11) is 0. The van der Waals surface area contributed by atoms with E-state index in [1.54, 1.807) is 0 Å². The number of rotatable bonds is 0. The van der Waals surface area contributed by atoms with Gasteiger partial charge in [0.25, 0.3) is 0 Å². The maximum absolute atomic E-state index is 2.37. The molecule has 1 heterocycles. The van der Waals surface area contributed by atoms with Crippen LogP contribution < -0.4 is 0 Å². The zero-order valence-electron chi connectivity index (χ0n) is 12.1. The number of fused-ring (bicyclic) bond motifs is 3. The topological polar surface area (TPSA) is 4.93 Å². The lowest BCUT2D eigenvalue weighted by Crippen LogP contribution is -1.74. The van der Waals surface area contributed by atoms with E-state index in [-0.39, 0.29) is 0 Å². The lowest BCUT2D eigenvalue weighted by molar-refractivity contribution is 1.50. The Labute approximate surface area is 144 Å². The van der Waals surface area contributed by atoms with Gasteiger partial charge in [-0.1, -0.05) is 84.9 Å². The fourth-order valence-corrected chi connectivity index (χ4v) is 3.23. The summed E-state index contributed by atoms with van der Waals surface area (Å²) in [5.41, 5.74) is 2.40. The lowest BCUT2D eigenvalue weighted by Gasteiger charge is -1.91. The zero-order valence-corrected chi connectivity index (χ0v) is 14.2. The molecule has 0 unspecified atom stereocenters. The summed E-state index contributed by atoms with van der Waals surface area (Å²) in [4.78, 5) is 0. The SMILES string of the molecule is In1c2ccccccccc2c2ccccccccc21. The highest BCUT2D eigenvalue weighted by molar-refractivity contribution is 14.1. The molecule has 0 radical (unpaired) electrons. The van der Waals surface area contributed by atoms with Gasteiger partial charge in [0.15, 0.2) is 0 Å². The van der Waals surface area contributed by atoms with Gasteiger partial charge in [-0.15, -0.1) is 0 Å². The molecule has 3 rings (SSSR count). The van der Waals surface area contributed by atoms with Crippen LogP contribution in [0.3, 0.4) is 0 Å². The molecule has 0 aliphatic carbocycles. The van der Waals surface area contributed by atoms with Crippen molar-refractivity contribution in [2.24, 2.45) is 0 Å². The summed E-state index contributed by atoms with van der Waals surface area (Å²) in [6.07, 6.45) is 0. The van der Waals surface area contributed by atoms with E-state index < -0.39 is 0 Å². The molecule has 0 amide bonds. The molecule has 0 N–H and O–H groups in total. The van der Waals surface area contributed by atoms with Crippen molar-refractivity contribution in [3.8, 4) is 0 Å². The van der Waals surface area contributed by atoms with Crippen LogP contribution in [0.15, 0.2) is 97.1 Å². The molecule has 0 saturated heterocycles. The molecule has 2 aromatic carbocycles. The van der Waals surface area contributed by atoms with Gasteiger partial charge in [-0.25, -0.2) is 0 Å². The molecule has 1 aromatic heterocycles. The van der Waals surface area contributed by atoms with Crippen molar-refractivity contribution in [2.75, 3.05) is 0 Å². The largest absolute Gasteiger partial charge is 0.282 e. The van der Waals surface area contributed by atoms with Crippen molar-refractivity contribution in [3.05, 3.63) is 97.1 Å². The van der Waals surface area contributed by atoms with E-state index in [9.17, 15) is 0 Å². The van der Waals surface area contributed by atoms with Gasteiger partial charge in [-0.3, -0.25) is 2.78 Å². The van der Waals surface area contributed by atoms with Crippen LogP contribution in [0.25, 0.3) is 21.8 Å². The summed E-state index contributed by atoms with van der Waals surface area (Å²) < 4.78 is 2.21. The van der Waals surface area contributed by atoms with Crippen molar-refractivity contribution in [2.45, 2.75) is 0 Å². The van der Waals surface area contributed by atoms with Gasteiger partial charge in [0.1, 0.15) is 0 Å². The molecule has 0 bridgehead atoms. The average molecular weight is 397 g/mol. The number of aromatic nitrogens is 1. The predicted octanol–water partition coefficient (Wildman–Crippen LogP) is 6.24. The smallest absolute Gasteiger partial charge is 0.0646 e. The number of hydrogen-bond acceptors (Lipinski definition) is 0. The molecule has 0 atom stereocenters. The summed E-state index contributed by atoms with van der Waals surface area (Å²) in [5, 5.41) is 2.47. The van der Waals surface area contributed by atoms with Gasteiger partial charge in [-0.2, -0.15) is 0 Å². The summed E-state index contributed by atoms with van der Waals surface area (Å²) in [6.45, 7) is 0. The van der Waals surface area contributed by atoms with Crippen LogP contribution in [0.2, 0.25) is 0 Å². The Morgan fingerprint density at radius 3 is 1.18 bits per heavy atom. The summed E-state index contributed by atoms with van der Waals surface area (Å²) in [6, 6.07) is 33.3. The van der Waals surface area contributed by atoms with Gasteiger partial charge < -0.3 is 0 Å². The zero-order chi connectivity index (χ0) is 15.2. The molecule has 0 fully saturated rings. The Hall–Kier alpha value is -2.07. The van der Waals surface area contributed by atoms with E-state index in [1.807, 2.05) is 36.4 Å². The van der Waals surface area contributed by atoms with Crippen LogP contribution in [-0.2, 0) is 0 Å². The fourth-order valence-electron chi connectivity index (χ4n) is 2.39. The normalized spacial score (nSPS) is 10.0. The number of nitrogens with zero attached hydrogens (tertiary/aromatic N) is 1. The fraction of sp³-hybridized carbons (Fsp3) is 0. The second kappa shape index (κ2) is 7.27. The minimum absolute atomic E-state index is 1.20. The van der Waals surface area contributed by atoms with E-state index in [1.165, 1.54) is 21.8 Å². The third-order valence-corrected chi connectivity index (χ3v) is 4.45. The minimum Gasteiger partial charge on any atom is -0.282 e. The summed E-state index contributed by atoms with van der Waals surface area (Å²) >= 11 is 2.37. The van der Waals surface area contributed by atoms with Crippen molar-refractivity contribution < 1.29 is 0 Å². The Morgan fingerprint density at radius 2 is 0.773 bits per heavy atom. The Kier molecular flexibility index (Phi) is 4.91. The summed E-state index contributed by atoms with van der Waals surface area (Å²) in [5.74, 6) is 0. The molecular formula is C20H16IN. The van der Waals surface area contributed by atoms with Gasteiger partial charge in [0.05, 0.1) is 33.9 Å². The Morgan fingerprint density at radius 1 is 0.455 bits per heavy atom. The van der Waals surface area contributed by atoms with Crippen LogP contribution in [0.5, 0.6) is 0 Å². The van der Waals surface area contributed by atoms with Gasteiger partial charge >= 0.3 is 0 Å². The van der Waals surface area contributed by atoms with Gasteiger partial charge in [0.2, 0.25) is 0 Å². The molecule has 22 heavy (non-hydrogen) atoms. The maximum atomic E-state index is 2.37. The van der Waals surface area contributed by atoms with Crippen molar-refractivity contribution in [3.63, 3.8) is 0 Å². The van der Waals surface area contributed by atoms with Gasteiger partial charge in [-0.05, 0) is 12.1 Å². The predicted molar refractivity (Wildman–Crippen MR) is 104 cm³/mol. The third-order valence-electron chi connectivity index (χ3n) is 3.41. The van der Waals surface area contributed by atoms with Crippen LogP contribution in [0.4, 0.5) is 0 Å². The van der Waals surface area contributed by atoms with E-state index in [2.05, 4.69) is 86.3 Å². The number of halogens is 1. The molecule has 108 valence electrons.